The van der Waals surface area contributed by atoms with Crippen molar-refractivity contribution in [1.82, 2.24) is 0 Å². The van der Waals surface area contributed by atoms with E-state index in [9.17, 15) is 0 Å². The van der Waals surface area contributed by atoms with Gasteiger partial charge in [0, 0.05) is 9.07 Å². The van der Waals surface area contributed by atoms with Crippen LogP contribution in [0.4, 0.5) is 0 Å². The van der Waals surface area contributed by atoms with E-state index < -0.39 is 0 Å². The zero-order valence-electron chi connectivity index (χ0n) is 7.46. The molecule has 1 aromatic carbocycles. The molecule has 1 aliphatic heterocycles. The Kier molecular flexibility index (Phi) is 2.78. The number of benzene rings is 1. The summed E-state index contributed by atoms with van der Waals surface area (Å²) in [6.07, 6.45) is 3.33. The predicted molar refractivity (Wildman–Crippen MR) is 64.8 cm³/mol. The van der Waals surface area contributed by atoms with Crippen molar-refractivity contribution in [2.75, 3.05) is 0 Å². The highest BCUT2D eigenvalue weighted by Gasteiger charge is 2.09. The lowest BCUT2D eigenvalue weighted by Crippen LogP contribution is -1.83. The smallest absolute Gasteiger partial charge is 0.140 e. The highest BCUT2D eigenvalue weighted by Crippen LogP contribution is 2.29. The SMILES string of the molecule is CCC1=IOC(c2ccccc2)=C1. The summed E-state index contributed by atoms with van der Waals surface area (Å²) in [6, 6.07) is 10.3. The van der Waals surface area contributed by atoms with Gasteiger partial charge in [0.25, 0.3) is 0 Å². The third kappa shape index (κ3) is 1.99. The molecule has 0 saturated heterocycles. The molecule has 0 atom stereocenters. The first-order chi connectivity index (χ1) is 6.40. The van der Waals surface area contributed by atoms with Gasteiger partial charge < -0.3 is 3.07 Å². The van der Waals surface area contributed by atoms with Gasteiger partial charge in [0.2, 0.25) is 0 Å². The molecule has 0 bridgehead atoms. The van der Waals surface area contributed by atoms with Crippen molar-refractivity contribution in [3.05, 3.63) is 42.0 Å². The van der Waals surface area contributed by atoms with Gasteiger partial charge in [-0.25, -0.2) is 0 Å². The highest BCUT2D eigenvalue weighted by molar-refractivity contribution is 14.2. The fourth-order valence-corrected chi connectivity index (χ4v) is 2.79. The van der Waals surface area contributed by atoms with Crippen molar-refractivity contribution >= 4 is 30.4 Å². The largest absolute Gasteiger partial charge is 0.435 e. The van der Waals surface area contributed by atoms with Gasteiger partial charge in [0.05, 0.1) is 0 Å². The normalized spacial score (nSPS) is 15.5. The van der Waals surface area contributed by atoms with Gasteiger partial charge in [-0.2, -0.15) is 0 Å². The Morgan fingerprint density at radius 2 is 2.00 bits per heavy atom. The Labute approximate surface area is 88.7 Å². The first-order valence-electron chi connectivity index (χ1n) is 4.35. The van der Waals surface area contributed by atoms with Crippen molar-refractivity contribution in [2.45, 2.75) is 13.3 Å². The summed E-state index contributed by atoms with van der Waals surface area (Å²) in [5.41, 5.74) is 1.20. The molecule has 1 heterocycles. The molecule has 0 unspecified atom stereocenters. The molecule has 0 spiro atoms. The number of hydrogen-bond acceptors (Lipinski definition) is 1. The highest BCUT2D eigenvalue weighted by atomic mass is 127. The predicted octanol–water partition coefficient (Wildman–Crippen LogP) is 3.53. The van der Waals surface area contributed by atoms with Gasteiger partial charge in [-0.05, 0) is 12.5 Å². The minimum atomic E-state index is -0.166. The zero-order chi connectivity index (χ0) is 9.10. The topological polar surface area (TPSA) is 9.23 Å². The molecule has 0 N–H and O–H groups in total. The van der Waals surface area contributed by atoms with Crippen LogP contribution < -0.4 is 0 Å². The van der Waals surface area contributed by atoms with Crippen LogP contribution in [-0.2, 0) is 3.07 Å². The van der Waals surface area contributed by atoms with Crippen LogP contribution in [-0.4, -0.2) is 3.51 Å². The summed E-state index contributed by atoms with van der Waals surface area (Å²) < 4.78 is 7.16. The number of halogens is 1. The second-order valence-corrected chi connectivity index (χ2v) is 5.10. The van der Waals surface area contributed by atoms with Gasteiger partial charge in [0.15, 0.2) is 0 Å². The summed E-state index contributed by atoms with van der Waals surface area (Å²) >= 11 is -0.166. The fourth-order valence-electron chi connectivity index (χ4n) is 1.16. The van der Waals surface area contributed by atoms with Gasteiger partial charge in [-0.3, -0.25) is 0 Å². The molecule has 0 radical (unpaired) electrons. The lowest BCUT2D eigenvalue weighted by molar-refractivity contribution is 0.678. The van der Waals surface area contributed by atoms with E-state index >= 15 is 0 Å². The molecule has 1 aliphatic rings. The van der Waals surface area contributed by atoms with E-state index in [1.807, 2.05) is 18.2 Å². The maximum atomic E-state index is 5.68. The van der Waals surface area contributed by atoms with Gasteiger partial charge in [0.1, 0.15) is 26.9 Å². The lowest BCUT2D eigenvalue weighted by atomic mass is 10.1. The third-order valence-electron chi connectivity index (χ3n) is 1.90. The van der Waals surface area contributed by atoms with Crippen LogP contribution in [0.1, 0.15) is 18.9 Å². The molecule has 0 aromatic heterocycles. The van der Waals surface area contributed by atoms with Gasteiger partial charge in [-0.15, -0.1) is 0 Å². The van der Waals surface area contributed by atoms with Crippen LogP contribution in [0.25, 0.3) is 5.76 Å². The van der Waals surface area contributed by atoms with Crippen molar-refractivity contribution < 1.29 is 3.07 Å². The van der Waals surface area contributed by atoms with Crippen LogP contribution in [0.5, 0.6) is 0 Å². The molecule has 2 rings (SSSR count). The molecule has 0 saturated carbocycles. The maximum Gasteiger partial charge on any atom is 0.140 e. The second-order valence-electron chi connectivity index (χ2n) is 2.83. The van der Waals surface area contributed by atoms with Gasteiger partial charge >= 0.3 is 0 Å². The van der Waals surface area contributed by atoms with Crippen molar-refractivity contribution in [1.29, 1.82) is 0 Å². The molecule has 0 amide bonds. The Bertz CT molecular complexity index is 352. The number of allylic oxidation sites excluding steroid dienone is 1. The molecular formula is C11H11IO. The monoisotopic (exact) mass is 286 g/mol. The van der Waals surface area contributed by atoms with E-state index in [0.717, 1.165) is 12.2 Å². The third-order valence-corrected chi connectivity index (χ3v) is 4.24. The average molecular weight is 286 g/mol. The minimum Gasteiger partial charge on any atom is -0.435 e. The lowest BCUT2D eigenvalue weighted by Gasteiger charge is -1.99. The Balaban J connectivity index is 2.23. The summed E-state index contributed by atoms with van der Waals surface area (Å²) in [7, 11) is 0. The van der Waals surface area contributed by atoms with E-state index in [-0.39, 0.29) is 21.1 Å². The fraction of sp³-hybridized carbons (Fsp3) is 0.182. The molecule has 0 aliphatic carbocycles. The van der Waals surface area contributed by atoms with Crippen LogP contribution in [0, 0.1) is 0 Å². The summed E-state index contributed by atoms with van der Waals surface area (Å²) in [6.45, 7) is 2.18. The summed E-state index contributed by atoms with van der Waals surface area (Å²) in [5.74, 6) is 1.06. The first kappa shape index (κ1) is 8.94. The molecular weight excluding hydrogens is 275 g/mol. The van der Waals surface area contributed by atoms with Crippen molar-refractivity contribution in [3.8, 4) is 0 Å². The van der Waals surface area contributed by atoms with Crippen LogP contribution in [0.2, 0.25) is 0 Å². The summed E-state index contributed by atoms with van der Waals surface area (Å²) in [4.78, 5) is 0. The van der Waals surface area contributed by atoms with E-state index in [2.05, 4.69) is 25.1 Å². The Morgan fingerprint density at radius 1 is 1.23 bits per heavy atom. The molecule has 2 heteroatoms. The molecule has 13 heavy (non-hydrogen) atoms. The molecule has 68 valence electrons. The summed E-state index contributed by atoms with van der Waals surface area (Å²) in [5, 5.41) is 0. The van der Waals surface area contributed by atoms with Crippen LogP contribution in [0.3, 0.4) is 0 Å². The second kappa shape index (κ2) is 4.05. The maximum absolute atomic E-state index is 5.68. The average Bonchev–Trinajstić information content (AvgIpc) is 2.67. The van der Waals surface area contributed by atoms with E-state index in [1.165, 1.54) is 9.07 Å². The molecule has 1 aromatic rings. The number of hydrogen-bond donors (Lipinski definition) is 0. The minimum absolute atomic E-state index is 0.166. The Morgan fingerprint density at radius 3 is 2.62 bits per heavy atom. The van der Waals surface area contributed by atoms with Gasteiger partial charge in [-0.1, -0.05) is 37.3 Å². The first-order valence-corrected chi connectivity index (χ1v) is 6.31. The molecule has 0 fully saturated rings. The van der Waals surface area contributed by atoms with Crippen molar-refractivity contribution in [3.63, 3.8) is 0 Å². The van der Waals surface area contributed by atoms with E-state index in [4.69, 9.17) is 3.07 Å². The quantitative estimate of drug-likeness (QED) is 0.756. The number of rotatable bonds is 2. The zero-order valence-corrected chi connectivity index (χ0v) is 9.61. The van der Waals surface area contributed by atoms with E-state index in [1.54, 1.807) is 0 Å². The van der Waals surface area contributed by atoms with E-state index in [0.29, 0.717) is 0 Å². The van der Waals surface area contributed by atoms with Crippen LogP contribution >= 0.6 is 21.1 Å². The standard InChI is InChI=1S/C11H11IO/c1-2-10-8-11(13-12-10)9-6-4-3-5-7-9/h3-8H,2H2,1H3. The molecule has 1 nitrogen and oxygen atoms in total. The Hall–Kier alpha value is -0.640. The van der Waals surface area contributed by atoms with Crippen molar-refractivity contribution in [2.24, 2.45) is 0 Å². The van der Waals surface area contributed by atoms with Crippen LogP contribution in [0.15, 0.2) is 36.4 Å².